The Hall–Kier alpha value is -1.85. The molecule has 2 rings (SSSR count). The van der Waals surface area contributed by atoms with Gasteiger partial charge in [0, 0.05) is 18.7 Å². The molecule has 1 unspecified atom stereocenters. The summed E-state index contributed by atoms with van der Waals surface area (Å²) < 4.78 is 18.1. The molecular formula is C15H17B2FN2O3. The fourth-order valence-electron chi connectivity index (χ4n) is 2.45. The van der Waals surface area contributed by atoms with Crippen LogP contribution in [0.1, 0.15) is 32.8 Å². The van der Waals surface area contributed by atoms with E-state index in [9.17, 15) is 14.0 Å². The van der Waals surface area contributed by atoms with Gasteiger partial charge in [-0.2, -0.15) is 4.39 Å². The van der Waals surface area contributed by atoms with E-state index in [0.29, 0.717) is 12.0 Å². The first-order valence-electron chi connectivity index (χ1n) is 7.26. The van der Waals surface area contributed by atoms with Gasteiger partial charge in [-0.1, -0.05) is 11.3 Å². The summed E-state index contributed by atoms with van der Waals surface area (Å²) in [5, 5.41) is -1.55. The van der Waals surface area contributed by atoms with Crippen molar-refractivity contribution < 1.29 is 18.7 Å². The van der Waals surface area contributed by atoms with Crippen molar-refractivity contribution in [1.82, 2.24) is 9.88 Å². The van der Waals surface area contributed by atoms with Crippen molar-refractivity contribution in [3.05, 3.63) is 29.8 Å². The maximum Gasteiger partial charge on any atom is 0.417 e. The van der Waals surface area contributed by atoms with Gasteiger partial charge in [-0.3, -0.25) is 4.79 Å². The maximum absolute atomic E-state index is 12.9. The molecule has 5 nitrogen and oxygen atoms in total. The lowest BCUT2D eigenvalue weighted by Crippen LogP contribution is -2.44. The smallest absolute Gasteiger partial charge is 0.417 e. The van der Waals surface area contributed by atoms with Crippen molar-refractivity contribution in [2.24, 2.45) is 5.92 Å². The van der Waals surface area contributed by atoms with E-state index < -0.39 is 34.7 Å². The van der Waals surface area contributed by atoms with E-state index in [0.717, 1.165) is 11.0 Å². The number of carbonyl (C=O) groups excluding carboxylic acids is 2. The number of hydrogen-bond donors (Lipinski definition) is 0. The normalized spacial score (nSPS) is 19.0. The first-order chi connectivity index (χ1) is 10.5. The standard InChI is InChI=1S/C15H17B2FN2O3/c1-14(2,3)23-13(22)20-7-6-10(12(20)21)15(16,17)9-4-5-11(18)19-8-9/h4-5,8,10H,6-7H2,1-3H3. The second-order valence-electron chi connectivity index (χ2n) is 6.61. The van der Waals surface area contributed by atoms with E-state index >= 15 is 0 Å². The quantitative estimate of drug-likeness (QED) is 0.613. The van der Waals surface area contributed by atoms with Gasteiger partial charge in [0.2, 0.25) is 11.9 Å². The van der Waals surface area contributed by atoms with Gasteiger partial charge >= 0.3 is 6.09 Å². The molecule has 0 bridgehead atoms. The van der Waals surface area contributed by atoms with Crippen molar-refractivity contribution in [3.8, 4) is 0 Å². The van der Waals surface area contributed by atoms with Gasteiger partial charge in [0.15, 0.2) is 0 Å². The molecule has 4 radical (unpaired) electrons. The van der Waals surface area contributed by atoms with Gasteiger partial charge in [0.1, 0.15) is 5.60 Å². The summed E-state index contributed by atoms with van der Waals surface area (Å²) in [5.41, 5.74) is -0.387. The second kappa shape index (κ2) is 5.98. The minimum absolute atomic E-state index is 0.170. The minimum Gasteiger partial charge on any atom is -0.443 e. The third-order valence-electron chi connectivity index (χ3n) is 3.62. The number of ether oxygens (including phenoxy) is 1. The van der Waals surface area contributed by atoms with Gasteiger partial charge in [0.05, 0.1) is 15.7 Å². The zero-order chi connectivity index (χ0) is 17.4. The number of carbonyl (C=O) groups is 2. The molecule has 118 valence electrons. The first-order valence-corrected chi connectivity index (χ1v) is 7.26. The number of pyridine rings is 1. The van der Waals surface area contributed by atoms with Crippen LogP contribution in [0.5, 0.6) is 0 Å². The number of rotatable bonds is 2. The predicted octanol–water partition coefficient (Wildman–Crippen LogP) is 1.49. The molecule has 1 aromatic rings. The van der Waals surface area contributed by atoms with Crippen LogP contribution in [0.4, 0.5) is 9.18 Å². The fourth-order valence-corrected chi connectivity index (χ4v) is 2.45. The molecule has 0 N–H and O–H groups in total. The summed E-state index contributed by atoms with van der Waals surface area (Å²) in [6, 6.07) is 2.50. The van der Waals surface area contributed by atoms with Crippen LogP contribution in [0.2, 0.25) is 0 Å². The third-order valence-corrected chi connectivity index (χ3v) is 3.62. The van der Waals surface area contributed by atoms with E-state index in [1.165, 1.54) is 12.3 Å². The van der Waals surface area contributed by atoms with E-state index in [2.05, 4.69) is 4.98 Å². The molecule has 0 saturated carbocycles. The SMILES string of the molecule is [B]C([B])(c1ccc(F)nc1)C1CCN(C(=O)OC(C)(C)C)C1=O. The summed E-state index contributed by atoms with van der Waals surface area (Å²) in [4.78, 5) is 29.1. The van der Waals surface area contributed by atoms with Gasteiger partial charge in [-0.15, -0.1) is 0 Å². The van der Waals surface area contributed by atoms with Crippen LogP contribution in [0.3, 0.4) is 0 Å². The number of halogens is 1. The van der Waals surface area contributed by atoms with Crippen LogP contribution >= 0.6 is 0 Å². The average Bonchev–Trinajstić information content (AvgIpc) is 2.80. The Labute approximate surface area is 137 Å². The highest BCUT2D eigenvalue weighted by atomic mass is 19.1. The number of likely N-dealkylation sites (tertiary alicyclic amines) is 1. The summed E-state index contributed by atoms with van der Waals surface area (Å²) in [6.45, 7) is 5.30. The third kappa shape index (κ3) is 3.74. The van der Waals surface area contributed by atoms with Crippen LogP contribution in [-0.4, -0.2) is 49.7 Å². The molecular weight excluding hydrogens is 297 g/mol. The van der Waals surface area contributed by atoms with E-state index in [-0.39, 0.29) is 6.54 Å². The lowest BCUT2D eigenvalue weighted by Gasteiger charge is -2.32. The maximum atomic E-state index is 12.9. The summed E-state index contributed by atoms with van der Waals surface area (Å²) in [5.74, 6) is -1.99. The monoisotopic (exact) mass is 314 g/mol. The zero-order valence-corrected chi connectivity index (χ0v) is 13.4. The molecule has 2 amide bonds. The fraction of sp³-hybridized carbons (Fsp3) is 0.533. The molecule has 1 fully saturated rings. The molecule has 1 atom stereocenters. The molecule has 1 aliphatic heterocycles. The Bertz CT molecular complexity index is 614. The zero-order valence-electron chi connectivity index (χ0n) is 13.4. The van der Waals surface area contributed by atoms with Crippen LogP contribution in [0.25, 0.3) is 0 Å². The highest BCUT2D eigenvalue weighted by Gasteiger charge is 2.45. The van der Waals surface area contributed by atoms with Gasteiger partial charge in [0.25, 0.3) is 0 Å². The Kier molecular flexibility index (Phi) is 4.55. The number of amides is 2. The minimum atomic E-state index is -1.55. The van der Waals surface area contributed by atoms with Crippen LogP contribution < -0.4 is 0 Å². The Morgan fingerprint density at radius 3 is 2.57 bits per heavy atom. The van der Waals surface area contributed by atoms with Crippen molar-refractivity contribution in [3.63, 3.8) is 0 Å². The molecule has 23 heavy (non-hydrogen) atoms. The number of aromatic nitrogens is 1. The molecule has 1 aliphatic rings. The Balaban J connectivity index is 2.17. The Morgan fingerprint density at radius 2 is 2.04 bits per heavy atom. The molecule has 1 saturated heterocycles. The topological polar surface area (TPSA) is 59.5 Å². The highest BCUT2D eigenvalue weighted by Crippen LogP contribution is 2.34. The number of imide groups is 1. The largest absolute Gasteiger partial charge is 0.443 e. The lowest BCUT2D eigenvalue weighted by atomic mass is 9.45. The van der Waals surface area contributed by atoms with E-state index in [1.54, 1.807) is 20.8 Å². The second-order valence-corrected chi connectivity index (χ2v) is 6.61. The summed E-state index contributed by atoms with van der Waals surface area (Å²) >= 11 is 0. The molecule has 0 aliphatic carbocycles. The predicted molar refractivity (Wildman–Crippen MR) is 83.4 cm³/mol. The van der Waals surface area contributed by atoms with E-state index in [4.69, 9.17) is 20.4 Å². The van der Waals surface area contributed by atoms with Crippen molar-refractivity contribution in [2.45, 2.75) is 38.0 Å². The lowest BCUT2D eigenvalue weighted by molar-refractivity contribution is -0.130. The number of hydrogen-bond acceptors (Lipinski definition) is 4. The van der Waals surface area contributed by atoms with E-state index in [1.807, 2.05) is 0 Å². The molecule has 2 heterocycles. The van der Waals surface area contributed by atoms with Gasteiger partial charge in [-0.25, -0.2) is 14.7 Å². The number of nitrogens with zero attached hydrogens (tertiary/aromatic N) is 2. The molecule has 0 spiro atoms. The van der Waals surface area contributed by atoms with Crippen molar-refractivity contribution >= 4 is 27.7 Å². The average molecular weight is 314 g/mol. The van der Waals surface area contributed by atoms with Gasteiger partial charge < -0.3 is 4.74 Å². The van der Waals surface area contributed by atoms with Crippen LogP contribution in [-0.2, 0) is 14.7 Å². The van der Waals surface area contributed by atoms with Crippen LogP contribution in [0, 0.1) is 11.9 Å². The van der Waals surface area contributed by atoms with Crippen molar-refractivity contribution in [1.29, 1.82) is 0 Å². The Morgan fingerprint density at radius 1 is 1.39 bits per heavy atom. The molecule has 1 aromatic heterocycles. The molecule has 8 heteroatoms. The molecule has 0 aromatic carbocycles. The summed E-state index contributed by atoms with van der Waals surface area (Å²) in [7, 11) is 12.2. The highest BCUT2D eigenvalue weighted by molar-refractivity contribution is 6.41. The first kappa shape index (κ1) is 17.5. The van der Waals surface area contributed by atoms with Gasteiger partial charge in [-0.05, 0) is 38.8 Å². The van der Waals surface area contributed by atoms with Crippen LogP contribution in [0.15, 0.2) is 18.3 Å². The van der Waals surface area contributed by atoms with Crippen molar-refractivity contribution in [2.75, 3.05) is 6.54 Å². The summed E-state index contributed by atoms with van der Waals surface area (Å²) in [6.07, 6.45) is 0.763.